The van der Waals surface area contributed by atoms with Crippen LogP contribution in [0, 0.1) is 0 Å². The molecule has 0 saturated carbocycles. The Labute approximate surface area is 108 Å². The smallest absolute Gasteiger partial charge is 0.119 e. The van der Waals surface area contributed by atoms with Gasteiger partial charge in [0.25, 0.3) is 0 Å². The van der Waals surface area contributed by atoms with Crippen molar-refractivity contribution in [2.45, 2.75) is 19.4 Å². The highest BCUT2D eigenvalue weighted by Crippen LogP contribution is 2.15. The van der Waals surface area contributed by atoms with Crippen molar-refractivity contribution in [3.63, 3.8) is 0 Å². The van der Waals surface area contributed by atoms with E-state index in [9.17, 15) is 0 Å². The van der Waals surface area contributed by atoms with Crippen molar-refractivity contribution >= 4 is 0 Å². The number of rotatable bonds is 6. The lowest BCUT2D eigenvalue weighted by molar-refractivity contribution is 0.306. The number of benzene rings is 2. The largest absolute Gasteiger partial charge is 0.489 e. The van der Waals surface area contributed by atoms with Gasteiger partial charge in [-0.1, -0.05) is 42.5 Å². The van der Waals surface area contributed by atoms with E-state index in [2.05, 4.69) is 24.3 Å². The minimum Gasteiger partial charge on any atom is -0.489 e. The van der Waals surface area contributed by atoms with Gasteiger partial charge in [-0.15, -0.1) is 0 Å². The summed E-state index contributed by atoms with van der Waals surface area (Å²) in [5.41, 5.74) is 7.99. The van der Waals surface area contributed by atoms with Crippen LogP contribution in [0.2, 0.25) is 0 Å². The van der Waals surface area contributed by atoms with Crippen LogP contribution in [0.15, 0.2) is 54.6 Å². The van der Waals surface area contributed by atoms with Gasteiger partial charge in [0.1, 0.15) is 12.4 Å². The van der Waals surface area contributed by atoms with Gasteiger partial charge in [0, 0.05) is 0 Å². The first-order valence-corrected chi connectivity index (χ1v) is 6.34. The van der Waals surface area contributed by atoms with Gasteiger partial charge in [0.05, 0.1) is 0 Å². The van der Waals surface area contributed by atoms with Gasteiger partial charge < -0.3 is 10.5 Å². The van der Waals surface area contributed by atoms with Gasteiger partial charge in [-0.3, -0.25) is 0 Å². The molecule has 2 rings (SSSR count). The predicted octanol–water partition coefficient (Wildman–Crippen LogP) is 3.16. The first-order chi connectivity index (χ1) is 8.88. The first kappa shape index (κ1) is 12.7. The summed E-state index contributed by atoms with van der Waals surface area (Å²) in [5.74, 6) is 0.912. The van der Waals surface area contributed by atoms with Gasteiger partial charge in [-0.25, -0.2) is 0 Å². The summed E-state index contributed by atoms with van der Waals surface area (Å²) in [6.07, 6.45) is 2.07. The maximum Gasteiger partial charge on any atom is 0.119 e. The zero-order valence-corrected chi connectivity index (χ0v) is 10.5. The van der Waals surface area contributed by atoms with Gasteiger partial charge in [0.2, 0.25) is 0 Å². The summed E-state index contributed by atoms with van der Waals surface area (Å²) in [6, 6.07) is 18.4. The van der Waals surface area contributed by atoms with Crippen molar-refractivity contribution in [2.24, 2.45) is 5.73 Å². The summed E-state index contributed by atoms with van der Waals surface area (Å²) in [4.78, 5) is 0. The minimum atomic E-state index is 0.614. The first-order valence-electron chi connectivity index (χ1n) is 6.34. The number of hydrogen-bond donors (Lipinski definition) is 1. The lowest BCUT2D eigenvalue weighted by Crippen LogP contribution is -2.00. The molecule has 0 aliphatic carbocycles. The highest BCUT2D eigenvalue weighted by molar-refractivity contribution is 5.27. The molecule has 0 atom stereocenters. The molecule has 2 nitrogen and oxygen atoms in total. The van der Waals surface area contributed by atoms with E-state index < -0.39 is 0 Å². The van der Waals surface area contributed by atoms with Crippen LogP contribution in [-0.2, 0) is 13.0 Å². The lowest BCUT2D eigenvalue weighted by atomic mass is 10.1. The molecular formula is C16H19NO. The summed E-state index contributed by atoms with van der Waals surface area (Å²) < 4.78 is 5.73. The SMILES string of the molecule is NCCCc1ccc(OCc2ccccc2)cc1. The molecule has 0 saturated heterocycles. The van der Waals surface area contributed by atoms with Crippen LogP contribution in [-0.4, -0.2) is 6.54 Å². The van der Waals surface area contributed by atoms with E-state index in [-0.39, 0.29) is 0 Å². The Morgan fingerprint density at radius 1 is 0.833 bits per heavy atom. The second-order valence-electron chi connectivity index (χ2n) is 4.31. The van der Waals surface area contributed by atoms with Crippen molar-refractivity contribution in [2.75, 3.05) is 6.54 Å². The van der Waals surface area contributed by atoms with Crippen LogP contribution in [0.3, 0.4) is 0 Å². The Kier molecular flexibility index (Phi) is 4.79. The molecule has 0 unspecified atom stereocenters. The molecule has 0 heterocycles. The molecule has 0 fully saturated rings. The third kappa shape index (κ3) is 3.90. The van der Waals surface area contributed by atoms with Gasteiger partial charge in [-0.2, -0.15) is 0 Å². The van der Waals surface area contributed by atoms with E-state index >= 15 is 0 Å². The second-order valence-corrected chi connectivity index (χ2v) is 4.31. The Balaban J connectivity index is 1.86. The Morgan fingerprint density at radius 2 is 1.56 bits per heavy atom. The fourth-order valence-electron chi connectivity index (χ4n) is 1.80. The average Bonchev–Trinajstić information content (AvgIpc) is 2.45. The normalized spacial score (nSPS) is 10.3. The molecule has 0 bridgehead atoms. The van der Waals surface area contributed by atoms with Crippen LogP contribution in [0.5, 0.6) is 5.75 Å². The highest BCUT2D eigenvalue weighted by atomic mass is 16.5. The van der Waals surface area contributed by atoms with Crippen LogP contribution in [0.4, 0.5) is 0 Å². The molecule has 0 aliphatic rings. The highest BCUT2D eigenvalue weighted by Gasteiger charge is 1.96. The summed E-state index contributed by atoms with van der Waals surface area (Å²) in [5, 5.41) is 0. The fourth-order valence-corrected chi connectivity index (χ4v) is 1.80. The van der Waals surface area contributed by atoms with Crippen LogP contribution >= 0.6 is 0 Å². The van der Waals surface area contributed by atoms with Gasteiger partial charge in [-0.05, 0) is 42.6 Å². The lowest BCUT2D eigenvalue weighted by Gasteiger charge is -2.07. The minimum absolute atomic E-state index is 0.614. The monoisotopic (exact) mass is 241 g/mol. The molecule has 0 amide bonds. The van der Waals surface area contributed by atoms with Crippen LogP contribution in [0.25, 0.3) is 0 Å². The molecule has 2 N–H and O–H groups in total. The Morgan fingerprint density at radius 3 is 2.22 bits per heavy atom. The van der Waals surface area contributed by atoms with E-state index in [1.54, 1.807) is 0 Å². The molecule has 2 aromatic rings. The average molecular weight is 241 g/mol. The molecular weight excluding hydrogens is 222 g/mol. The van der Waals surface area contributed by atoms with Crippen molar-refractivity contribution in [3.8, 4) is 5.75 Å². The molecule has 0 aliphatic heterocycles. The standard InChI is InChI=1S/C16H19NO/c17-12-4-7-14-8-10-16(11-9-14)18-13-15-5-2-1-3-6-15/h1-3,5-6,8-11H,4,7,12-13,17H2. The summed E-state index contributed by atoms with van der Waals surface area (Å²) in [7, 11) is 0. The maximum atomic E-state index is 5.73. The quantitative estimate of drug-likeness (QED) is 0.843. The van der Waals surface area contributed by atoms with E-state index in [0.29, 0.717) is 6.61 Å². The molecule has 2 heteroatoms. The number of ether oxygens (including phenoxy) is 1. The van der Waals surface area contributed by atoms with E-state index in [4.69, 9.17) is 10.5 Å². The van der Waals surface area contributed by atoms with E-state index in [1.165, 1.54) is 11.1 Å². The molecule has 0 spiro atoms. The van der Waals surface area contributed by atoms with Gasteiger partial charge >= 0.3 is 0 Å². The molecule has 94 valence electrons. The fraction of sp³-hybridized carbons (Fsp3) is 0.250. The summed E-state index contributed by atoms with van der Waals surface area (Å²) >= 11 is 0. The Hall–Kier alpha value is -1.80. The van der Waals surface area contributed by atoms with Crippen LogP contribution in [0.1, 0.15) is 17.5 Å². The Bertz CT molecular complexity index is 450. The van der Waals surface area contributed by atoms with Crippen LogP contribution < -0.4 is 10.5 Å². The predicted molar refractivity (Wildman–Crippen MR) is 74.6 cm³/mol. The van der Waals surface area contributed by atoms with Gasteiger partial charge in [0.15, 0.2) is 0 Å². The van der Waals surface area contributed by atoms with Crippen molar-refractivity contribution in [1.29, 1.82) is 0 Å². The third-order valence-corrected chi connectivity index (χ3v) is 2.84. The molecule has 18 heavy (non-hydrogen) atoms. The molecule has 0 radical (unpaired) electrons. The van der Waals surface area contributed by atoms with E-state index in [0.717, 1.165) is 25.1 Å². The van der Waals surface area contributed by atoms with Crippen molar-refractivity contribution in [1.82, 2.24) is 0 Å². The third-order valence-electron chi connectivity index (χ3n) is 2.84. The number of nitrogens with two attached hydrogens (primary N) is 1. The van der Waals surface area contributed by atoms with E-state index in [1.807, 2.05) is 30.3 Å². The summed E-state index contributed by atoms with van der Waals surface area (Å²) in [6.45, 7) is 1.36. The van der Waals surface area contributed by atoms with Crippen molar-refractivity contribution in [3.05, 3.63) is 65.7 Å². The molecule has 0 aromatic heterocycles. The second kappa shape index (κ2) is 6.82. The molecule has 2 aromatic carbocycles. The number of aryl methyl sites for hydroxylation is 1. The zero-order chi connectivity index (χ0) is 12.6. The van der Waals surface area contributed by atoms with Crippen molar-refractivity contribution < 1.29 is 4.74 Å². The topological polar surface area (TPSA) is 35.2 Å². The maximum absolute atomic E-state index is 5.73. The zero-order valence-electron chi connectivity index (χ0n) is 10.5. The number of hydrogen-bond acceptors (Lipinski definition) is 2.